The predicted molar refractivity (Wildman–Crippen MR) is 131 cm³/mol. The molecule has 2 aromatic carbocycles. The van der Waals surface area contributed by atoms with Crippen molar-refractivity contribution in [3.63, 3.8) is 0 Å². The second-order valence-electron chi connectivity index (χ2n) is 6.54. The van der Waals surface area contributed by atoms with E-state index >= 15 is 0 Å². The molecule has 0 aliphatic heterocycles. The largest absolute Gasteiger partial charge is 0.329 e. The van der Waals surface area contributed by atoms with Gasteiger partial charge in [-0.3, -0.25) is 9.59 Å². The van der Waals surface area contributed by atoms with Crippen LogP contribution >= 0.6 is 50.8 Å². The Morgan fingerprint density at radius 2 is 1.94 bits per heavy atom. The van der Waals surface area contributed by atoms with E-state index in [2.05, 4.69) is 31.2 Å². The molecule has 4 rings (SSSR count). The number of aromatic nitrogens is 3. The van der Waals surface area contributed by atoms with Crippen LogP contribution in [0.15, 0.2) is 68.8 Å². The van der Waals surface area contributed by atoms with E-state index in [9.17, 15) is 9.59 Å². The number of carbonyl (C=O) groups excluding carboxylic acids is 2. The number of imidazole rings is 1. The molecule has 0 unspecified atom stereocenters. The highest BCUT2D eigenvalue weighted by Gasteiger charge is 2.12. The molecule has 0 saturated heterocycles. The van der Waals surface area contributed by atoms with Gasteiger partial charge in [0.05, 0.1) is 21.7 Å². The van der Waals surface area contributed by atoms with Gasteiger partial charge in [-0.1, -0.05) is 51.6 Å². The number of nitrogens with one attached hydrogen (secondary N) is 1. The Morgan fingerprint density at radius 1 is 1.13 bits per heavy atom. The number of amides is 1. The van der Waals surface area contributed by atoms with Gasteiger partial charge in [0.25, 0.3) is 0 Å². The second kappa shape index (κ2) is 9.99. The Balaban J connectivity index is 1.35. The summed E-state index contributed by atoms with van der Waals surface area (Å²) in [5, 5.41) is 3.72. The van der Waals surface area contributed by atoms with Crippen LogP contribution in [0.25, 0.3) is 10.2 Å². The van der Waals surface area contributed by atoms with E-state index in [1.54, 1.807) is 6.20 Å². The number of halogens is 1. The molecule has 2 heterocycles. The van der Waals surface area contributed by atoms with Crippen LogP contribution < -0.4 is 5.32 Å². The van der Waals surface area contributed by atoms with Crippen LogP contribution in [0, 0.1) is 0 Å². The number of aryl methyl sites for hydroxylation is 1. The molecule has 0 radical (unpaired) electrons. The number of nitrogens with zero attached hydrogens (tertiary/aromatic N) is 3. The third-order valence-corrected chi connectivity index (χ3v) is 8.00. The molecule has 10 heteroatoms. The van der Waals surface area contributed by atoms with Crippen molar-refractivity contribution in [2.24, 2.45) is 7.05 Å². The molecule has 1 amide bonds. The summed E-state index contributed by atoms with van der Waals surface area (Å²) < 4.78 is 4.62. The molecular formula is C21H17BrN4O2S3. The van der Waals surface area contributed by atoms with E-state index in [0.29, 0.717) is 11.3 Å². The third-order valence-electron chi connectivity index (χ3n) is 4.25. The van der Waals surface area contributed by atoms with E-state index in [1.165, 1.54) is 34.9 Å². The van der Waals surface area contributed by atoms with Gasteiger partial charge in [-0.25, -0.2) is 9.97 Å². The molecule has 2 aromatic heterocycles. The molecule has 0 fully saturated rings. The van der Waals surface area contributed by atoms with Crippen LogP contribution in [-0.4, -0.2) is 37.7 Å². The molecule has 4 aromatic rings. The predicted octanol–water partition coefficient (Wildman–Crippen LogP) is 5.50. The average molecular weight is 533 g/mol. The van der Waals surface area contributed by atoms with Crippen molar-refractivity contribution in [2.75, 3.05) is 16.8 Å². The van der Waals surface area contributed by atoms with Crippen molar-refractivity contribution in [1.82, 2.24) is 14.5 Å². The number of fused-ring (bicyclic) bond motifs is 1. The van der Waals surface area contributed by atoms with Gasteiger partial charge in [0.2, 0.25) is 5.91 Å². The fraction of sp³-hybridized carbons (Fsp3) is 0.143. The summed E-state index contributed by atoms with van der Waals surface area (Å²) >= 11 is 7.71. The zero-order valence-corrected chi connectivity index (χ0v) is 20.4. The Morgan fingerprint density at radius 3 is 2.68 bits per heavy atom. The monoisotopic (exact) mass is 532 g/mol. The zero-order chi connectivity index (χ0) is 21.8. The topological polar surface area (TPSA) is 76.9 Å². The van der Waals surface area contributed by atoms with Gasteiger partial charge in [-0.2, -0.15) is 0 Å². The van der Waals surface area contributed by atoms with Crippen LogP contribution in [0.5, 0.6) is 0 Å². The van der Waals surface area contributed by atoms with Crippen LogP contribution in [0.2, 0.25) is 0 Å². The number of Topliss-reactive ketones (excluding diaryl/α,β-unsaturated/α-hetero) is 1. The highest BCUT2D eigenvalue weighted by atomic mass is 79.9. The van der Waals surface area contributed by atoms with E-state index < -0.39 is 0 Å². The highest BCUT2D eigenvalue weighted by molar-refractivity contribution is 9.10. The maximum Gasteiger partial charge on any atom is 0.234 e. The van der Waals surface area contributed by atoms with Crippen molar-refractivity contribution in [1.29, 1.82) is 0 Å². The molecule has 6 nitrogen and oxygen atoms in total. The van der Waals surface area contributed by atoms with Crippen molar-refractivity contribution in [3.8, 4) is 0 Å². The first-order chi connectivity index (χ1) is 15.0. The van der Waals surface area contributed by atoms with Gasteiger partial charge >= 0.3 is 0 Å². The summed E-state index contributed by atoms with van der Waals surface area (Å²) in [5.41, 5.74) is 2.26. The standard InChI is InChI=1S/C21H17BrN4O2S3/c1-26-9-8-23-20(26)29-12-19(28)24-15-6-7-16-18(10-15)31-21(25-16)30-11-17(27)13-2-4-14(22)5-3-13/h2-10H,11-12H2,1H3,(H,24,28). The molecule has 0 atom stereocenters. The number of hydrogen-bond donors (Lipinski definition) is 1. The zero-order valence-electron chi connectivity index (χ0n) is 16.4. The first-order valence-corrected chi connectivity index (χ1v) is 12.8. The molecule has 1 N–H and O–H groups in total. The van der Waals surface area contributed by atoms with Crippen LogP contribution in [0.4, 0.5) is 5.69 Å². The van der Waals surface area contributed by atoms with Crippen molar-refractivity contribution >= 4 is 78.4 Å². The normalized spacial score (nSPS) is 11.0. The summed E-state index contributed by atoms with van der Waals surface area (Å²) in [6, 6.07) is 13.0. The average Bonchev–Trinajstić information content (AvgIpc) is 3.36. The summed E-state index contributed by atoms with van der Waals surface area (Å²) in [5.74, 6) is 0.585. The molecule has 0 aliphatic carbocycles. The Kier molecular flexibility index (Phi) is 7.11. The Hall–Kier alpha value is -2.14. The van der Waals surface area contributed by atoms with Crippen molar-refractivity contribution in [3.05, 3.63) is 64.9 Å². The lowest BCUT2D eigenvalue weighted by atomic mass is 10.2. The van der Waals surface area contributed by atoms with Crippen molar-refractivity contribution < 1.29 is 9.59 Å². The number of benzene rings is 2. The minimum absolute atomic E-state index is 0.0647. The number of thioether (sulfide) groups is 2. The van der Waals surface area contributed by atoms with Gasteiger partial charge in [-0.05, 0) is 30.3 Å². The Labute approximate surface area is 200 Å². The number of rotatable bonds is 8. The first-order valence-electron chi connectivity index (χ1n) is 9.20. The minimum atomic E-state index is -0.0911. The van der Waals surface area contributed by atoms with E-state index in [1.807, 2.05) is 60.3 Å². The summed E-state index contributed by atoms with van der Waals surface area (Å²) in [6.07, 6.45) is 3.56. The van der Waals surface area contributed by atoms with Gasteiger partial charge in [0.1, 0.15) is 0 Å². The van der Waals surface area contributed by atoms with Crippen LogP contribution in [0.1, 0.15) is 10.4 Å². The molecule has 0 bridgehead atoms. The number of thiazole rings is 1. The molecular weight excluding hydrogens is 516 g/mol. The van der Waals surface area contributed by atoms with E-state index in [-0.39, 0.29) is 17.4 Å². The quantitative estimate of drug-likeness (QED) is 0.238. The molecule has 31 heavy (non-hydrogen) atoms. The van der Waals surface area contributed by atoms with Gasteiger partial charge in [0, 0.05) is 35.2 Å². The molecule has 0 aliphatic rings. The number of ketones is 1. The minimum Gasteiger partial charge on any atom is -0.329 e. The lowest BCUT2D eigenvalue weighted by Crippen LogP contribution is -2.14. The van der Waals surface area contributed by atoms with Crippen LogP contribution in [0.3, 0.4) is 0 Å². The number of anilines is 1. The fourth-order valence-corrected chi connectivity index (χ4v) is 5.71. The number of carbonyl (C=O) groups is 2. The van der Waals surface area contributed by atoms with Crippen LogP contribution in [-0.2, 0) is 11.8 Å². The van der Waals surface area contributed by atoms with E-state index in [0.717, 1.165) is 29.9 Å². The first kappa shape index (κ1) is 22.1. The summed E-state index contributed by atoms with van der Waals surface area (Å²) in [7, 11) is 1.90. The smallest absolute Gasteiger partial charge is 0.234 e. The second-order valence-corrected chi connectivity index (χ2v) is 10.6. The lowest BCUT2D eigenvalue weighted by molar-refractivity contribution is -0.113. The Bertz CT molecular complexity index is 1240. The van der Waals surface area contributed by atoms with Gasteiger partial charge in [0.15, 0.2) is 15.3 Å². The number of hydrogen-bond acceptors (Lipinski definition) is 7. The SMILES string of the molecule is Cn1ccnc1SCC(=O)Nc1ccc2nc(SCC(=O)c3ccc(Br)cc3)sc2c1. The third kappa shape index (κ3) is 5.76. The molecule has 0 spiro atoms. The maximum absolute atomic E-state index is 12.4. The molecule has 158 valence electrons. The lowest BCUT2D eigenvalue weighted by Gasteiger charge is -2.05. The maximum atomic E-state index is 12.4. The fourth-order valence-electron chi connectivity index (χ4n) is 2.71. The van der Waals surface area contributed by atoms with Gasteiger partial charge < -0.3 is 9.88 Å². The summed E-state index contributed by atoms with van der Waals surface area (Å²) in [6.45, 7) is 0. The summed E-state index contributed by atoms with van der Waals surface area (Å²) in [4.78, 5) is 33.4. The van der Waals surface area contributed by atoms with E-state index in [4.69, 9.17) is 0 Å². The highest BCUT2D eigenvalue weighted by Crippen LogP contribution is 2.32. The van der Waals surface area contributed by atoms with Crippen molar-refractivity contribution in [2.45, 2.75) is 9.50 Å². The van der Waals surface area contributed by atoms with Gasteiger partial charge in [-0.15, -0.1) is 11.3 Å². The molecule has 0 saturated carbocycles.